The van der Waals surface area contributed by atoms with Gasteiger partial charge in [0.1, 0.15) is 12.4 Å². The van der Waals surface area contributed by atoms with Gasteiger partial charge in [0, 0.05) is 64.3 Å². The Bertz CT molecular complexity index is 933. The van der Waals surface area contributed by atoms with Gasteiger partial charge in [0.05, 0.1) is 6.54 Å². The van der Waals surface area contributed by atoms with Crippen LogP contribution >= 0.6 is 0 Å². The predicted molar refractivity (Wildman–Crippen MR) is 143 cm³/mol. The van der Waals surface area contributed by atoms with Crippen LogP contribution in [-0.4, -0.2) is 97.4 Å². The third kappa shape index (κ3) is 7.32. The lowest BCUT2D eigenvalue weighted by atomic mass is 9.82. The number of hydrogen-bond acceptors (Lipinski definition) is 5. The first-order valence-electron chi connectivity index (χ1n) is 13.5. The van der Waals surface area contributed by atoms with Gasteiger partial charge in [-0.2, -0.15) is 0 Å². The summed E-state index contributed by atoms with van der Waals surface area (Å²) in [5, 5.41) is 0. The summed E-state index contributed by atoms with van der Waals surface area (Å²) in [6.45, 7) is 13.9. The van der Waals surface area contributed by atoms with Gasteiger partial charge in [0.15, 0.2) is 0 Å². The minimum absolute atomic E-state index is 0.0741. The summed E-state index contributed by atoms with van der Waals surface area (Å²) in [5.41, 5.74) is 1.18. The highest BCUT2D eigenvalue weighted by atomic mass is 16.5. The molecule has 1 aromatic rings. The Hall–Kier alpha value is -2.38. The van der Waals surface area contributed by atoms with Gasteiger partial charge < -0.3 is 19.4 Å². The number of carbonyl (C=O) groups excluding carboxylic acids is 2. The zero-order chi connectivity index (χ0) is 25.7. The van der Waals surface area contributed by atoms with E-state index in [0.717, 1.165) is 57.0 Å². The van der Waals surface area contributed by atoms with Gasteiger partial charge in [-0.1, -0.05) is 51.1 Å². The number of piperazine rings is 1. The van der Waals surface area contributed by atoms with E-state index in [9.17, 15) is 9.59 Å². The highest BCUT2D eigenvalue weighted by Gasteiger charge is 2.34. The molecule has 198 valence electrons. The average Bonchev–Trinajstić information content (AvgIpc) is 2.83. The Kier molecular flexibility index (Phi) is 8.73. The molecule has 2 fully saturated rings. The van der Waals surface area contributed by atoms with Crippen LogP contribution in [0.3, 0.4) is 0 Å². The molecule has 1 aromatic carbocycles. The molecule has 0 N–H and O–H groups in total. The summed E-state index contributed by atoms with van der Waals surface area (Å²) in [5.74, 6) is 1.72. The number of nitrogens with zero attached hydrogens (tertiary/aromatic N) is 4. The number of benzene rings is 1. The van der Waals surface area contributed by atoms with E-state index in [1.165, 1.54) is 0 Å². The van der Waals surface area contributed by atoms with Gasteiger partial charge >= 0.3 is 0 Å². The molecule has 2 bridgehead atoms. The molecule has 0 aromatic heterocycles. The van der Waals surface area contributed by atoms with E-state index in [2.05, 4.69) is 55.8 Å². The van der Waals surface area contributed by atoms with Crippen LogP contribution < -0.4 is 4.74 Å². The molecular formula is C29H44N4O3. The van der Waals surface area contributed by atoms with E-state index in [-0.39, 0.29) is 29.1 Å². The molecule has 0 aliphatic carbocycles. The Morgan fingerprint density at radius 3 is 2.56 bits per heavy atom. The van der Waals surface area contributed by atoms with Crippen LogP contribution in [0.1, 0.15) is 39.2 Å². The normalized spacial score (nSPS) is 25.7. The molecule has 2 amide bonds. The summed E-state index contributed by atoms with van der Waals surface area (Å²) >= 11 is 0. The second-order valence-electron chi connectivity index (χ2n) is 12.0. The van der Waals surface area contributed by atoms with Crippen molar-refractivity contribution in [3.8, 4) is 5.75 Å². The molecule has 7 nitrogen and oxygen atoms in total. The molecule has 2 saturated heterocycles. The average molecular weight is 497 g/mol. The van der Waals surface area contributed by atoms with Crippen LogP contribution in [-0.2, 0) is 16.1 Å². The van der Waals surface area contributed by atoms with Crippen molar-refractivity contribution < 1.29 is 14.3 Å². The number of carbonyl (C=O) groups is 2. The van der Waals surface area contributed by atoms with Crippen LogP contribution in [0.15, 0.2) is 36.4 Å². The van der Waals surface area contributed by atoms with Crippen molar-refractivity contribution in [2.75, 3.05) is 66.0 Å². The SMILES string of the molecule is CN1CCN(C(=O)C[C@@H]2CCN3C[C@@H]2/C=C/COc2ccccc2CN(CC(C)(C)C)CC3=O)CC1. The molecular weight excluding hydrogens is 452 g/mol. The van der Waals surface area contributed by atoms with E-state index >= 15 is 0 Å². The van der Waals surface area contributed by atoms with Gasteiger partial charge in [-0.15, -0.1) is 0 Å². The van der Waals surface area contributed by atoms with Crippen molar-refractivity contribution in [3.05, 3.63) is 42.0 Å². The monoisotopic (exact) mass is 496 g/mol. The second-order valence-corrected chi connectivity index (χ2v) is 12.0. The standard InChI is InChI=1S/C29H44N4O3/c1-29(2,3)22-31-19-25-8-5-6-10-26(25)36-17-7-9-24-20-33(28(35)21-31)12-11-23(24)18-27(34)32-15-13-30(4)14-16-32/h5-10,23-24H,11-22H2,1-4H3/b9-7+/t23-,24-/m0/s1. The molecule has 4 rings (SSSR count). The lowest BCUT2D eigenvalue weighted by molar-refractivity contribution is -0.136. The third-order valence-electron chi connectivity index (χ3n) is 7.59. The van der Waals surface area contributed by atoms with Gasteiger partial charge in [-0.05, 0) is 36.8 Å². The summed E-state index contributed by atoms with van der Waals surface area (Å²) < 4.78 is 6.17. The maximum atomic E-state index is 13.5. The fraction of sp³-hybridized carbons (Fsp3) is 0.655. The molecule has 3 heterocycles. The van der Waals surface area contributed by atoms with Crippen LogP contribution in [0, 0.1) is 17.3 Å². The second kappa shape index (κ2) is 11.8. The zero-order valence-corrected chi connectivity index (χ0v) is 22.6. The highest BCUT2D eigenvalue weighted by Crippen LogP contribution is 2.30. The topological polar surface area (TPSA) is 56.3 Å². The number of hydrogen-bond donors (Lipinski definition) is 0. The molecule has 3 aliphatic rings. The molecule has 7 heteroatoms. The number of ether oxygens (including phenoxy) is 1. The maximum absolute atomic E-state index is 13.5. The predicted octanol–water partition coefficient (Wildman–Crippen LogP) is 3.11. The van der Waals surface area contributed by atoms with E-state index in [1.54, 1.807) is 0 Å². The smallest absolute Gasteiger partial charge is 0.236 e. The first-order chi connectivity index (χ1) is 17.2. The number of amides is 2. The number of rotatable bonds is 3. The van der Waals surface area contributed by atoms with Crippen molar-refractivity contribution in [1.29, 1.82) is 0 Å². The summed E-state index contributed by atoms with van der Waals surface area (Å²) in [6.07, 6.45) is 5.68. The van der Waals surface area contributed by atoms with Crippen molar-refractivity contribution >= 4 is 11.8 Å². The minimum atomic E-state index is 0.0741. The Morgan fingerprint density at radius 1 is 1.06 bits per heavy atom. The van der Waals surface area contributed by atoms with E-state index < -0.39 is 0 Å². The summed E-state index contributed by atoms with van der Waals surface area (Å²) in [4.78, 5) is 35.2. The lowest BCUT2D eigenvalue weighted by Gasteiger charge is -2.40. The molecule has 0 saturated carbocycles. The van der Waals surface area contributed by atoms with Crippen molar-refractivity contribution in [3.63, 3.8) is 0 Å². The third-order valence-corrected chi connectivity index (χ3v) is 7.59. The first kappa shape index (κ1) is 26.7. The number of fused-ring (bicyclic) bond motifs is 3. The van der Waals surface area contributed by atoms with Gasteiger partial charge in [0.25, 0.3) is 0 Å². The molecule has 36 heavy (non-hydrogen) atoms. The number of likely N-dealkylation sites (N-methyl/N-ethyl adjacent to an activating group) is 1. The Balaban J connectivity index is 1.50. The van der Waals surface area contributed by atoms with E-state index in [0.29, 0.717) is 32.7 Å². The van der Waals surface area contributed by atoms with Gasteiger partial charge in [0.2, 0.25) is 11.8 Å². The summed E-state index contributed by atoms with van der Waals surface area (Å²) in [6, 6.07) is 8.14. The van der Waals surface area contributed by atoms with Crippen LogP contribution in [0.25, 0.3) is 0 Å². The first-order valence-corrected chi connectivity index (χ1v) is 13.5. The largest absolute Gasteiger partial charge is 0.489 e. The molecule has 0 unspecified atom stereocenters. The van der Waals surface area contributed by atoms with Crippen LogP contribution in [0.5, 0.6) is 5.75 Å². The fourth-order valence-electron chi connectivity index (χ4n) is 5.65. The van der Waals surface area contributed by atoms with Gasteiger partial charge in [-0.3, -0.25) is 14.5 Å². The van der Waals surface area contributed by atoms with Crippen LogP contribution in [0.2, 0.25) is 0 Å². The van der Waals surface area contributed by atoms with E-state index in [4.69, 9.17) is 4.74 Å². The molecule has 3 aliphatic heterocycles. The maximum Gasteiger partial charge on any atom is 0.236 e. The van der Waals surface area contributed by atoms with Crippen molar-refractivity contribution in [1.82, 2.24) is 19.6 Å². The van der Waals surface area contributed by atoms with Crippen molar-refractivity contribution in [2.45, 2.75) is 40.2 Å². The van der Waals surface area contributed by atoms with Crippen molar-refractivity contribution in [2.24, 2.45) is 17.3 Å². The van der Waals surface area contributed by atoms with Gasteiger partial charge in [-0.25, -0.2) is 0 Å². The molecule has 2 atom stereocenters. The zero-order valence-electron chi connectivity index (χ0n) is 22.6. The molecule has 0 radical (unpaired) electrons. The number of piperidine rings is 1. The number of para-hydroxylation sites is 1. The molecule has 0 spiro atoms. The van der Waals surface area contributed by atoms with E-state index in [1.807, 2.05) is 28.0 Å². The Morgan fingerprint density at radius 2 is 1.81 bits per heavy atom. The quantitative estimate of drug-likeness (QED) is 0.602. The van der Waals surface area contributed by atoms with Crippen LogP contribution in [0.4, 0.5) is 0 Å². The highest BCUT2D eigenvalue weighted by molar-refractivity contribution is 5.79. The lowest BCUT2D eigenvalue weighted by Crippen LogP contribution is -2.50. The minimum Gasteiger partial charge on any atom is -0.489 e. The fourth-order valence-corrected chi connectivity index (χ4v) is 5.65. The Labute approximate surface area is 217 Å². The summed E-state index contributed by atoms with van der Waals surface area (Å²) in [7, 11) is 2.11.